The Bertz CT molecular complexity index is 978. The predicted octanol–water partition coefficient (Wildman–Crippen LogP) is 3.75. The molecule has 0 aliphatic heterocycles. The Hall–Kier alpha value is -3.12. The molecule has 0 spiro atoms. The Morgan fingerprint density at radius 1 is 1.16 bits per heavy atom. The lowest BCUT2D eigenvalue weighted by molar-refractivity contribution is -0.111. The second-order valence-electron chi connectivity index (χ2n) is 5.21. The molecule has 2 aromatic heterocycles. The van der Waals surface area contributed by atoms with Crippen LogP contribution in [0.15, 0.2) is 60.9 Å². The van der Waals surface area contributed by atoms with Crippen molar-refractivity contribution in [1.82, 2.24) is 9.38 Å². The quantitative estimate of drug-likeness (QED) is 0.700. The molecule has 0 fully saturated rings. The van der Waals surface area contributed by atoms with Gasteiger partial charge in [-0.05, 0) is 37.3 Å². The van der Waals surface area contributed by atoms with Gasteiger partial charge < -0.3 is 10.6 Å². The van der Waals surface area contributed by atoms with Crippen LogP contribution in [0.2, 0.25) is 5.02 Å². The third-order valence-corrected chi connectivity index (χ3v) is 3.78. The lowest BCUT2D eigenvalue weighted by atomic mass is 10.3. The maximum absolute atomic E-state index is 12.5. The van der Waals surface area contributed by atoms with Crippen molar-refractivity contribution >= 4 is 40.4 Å². The summed E-state index contributed by atoms with van der Waals surface area (Å²) in [6.45, 7) is 1.76. The van der Waals surface area contributed by atoms with Crippen LogP contribution in [0.25, 0.3) is 5.65 Å². The van der Waals surface area contributed by atoms with E-state index >= 15 is 0 Å². The van der Waals surface area contributed by atoms with Gasteiger partial charge >= 0.3 is 0 Å². The zero-order valence-corrected chi connectivity index (χ0v) is 14.1. The van der Waals surface area contributed by atoms with Crippen molar-refractivity contribution in [1.29, 1.82) is 0 Å². The minimum Gasteiger partial charge on any atom is -0.321 e. The van der Waals surface area contributed by atoms with Crippen LogP contribution in [0.4, 0.5) is 11.4 Å². The highest BCUT2D eigenvalue weighted by molar-refractivity contribution is 6.33. The molecule has 0 saturated heterocycles. The van der Waals surface area contributed by atoms with Gasteiger partial charge in [0, 0.05) is 6.20 Å². The molecule has 3 aromatic rings. The third kappa shape index (κ3) is 3.70. The number of nitrogens with one attached hydrogen (secondary N) is 2. The van der Waals surface area contributed by atoms with E-state index in [9.17, 15) is 9.59 Å². The van der Waals surface area contributed by atoms with Gasteiger partial charge in [0.1, 0.15) is 11.3 Å². The summed E-state index contributed by atoms with van der Waals surface area (Å²) in [5.74, 6) is -0.596. The van der Waals surface area contributed by atoms with Crippen molar-refractivity contribution in [3.63, 3.8) is 0 Å². The summed E-state index contributed by atoms with van der Waals surface area (Å²) in [5, 5.41) is 5.93. The van der Waals surface area contributed by atoms with Crippen LogP contribution in [0.3, 0.4) is 0 Å². The van der Waals surface area contributed by atoms with E-state index in [-0.39, 0.29) is 11.8 Å². The molecule has 25 heavy (non-hydrogen) atoms. The molecular formula is C18H15ClN4O2. The van der Waals surface area contributed by atoms with E-state index in [1.54, 1.807) is 60.0 Å². The summed E-state index contributed by atoms with van der Waals surface area (Å²) in [6, 6.07) is 10.4. The smallest absolute Gasteiger partial charge is 0.274 e. The molecule has 2 heterocycles. The average Bonchev–Trinajstić information content (AvgIpc) is 3.00. The average molecular weight is 355 g/mol. The first-order valence-corrected chi connectivity index (χ1v) is 7.93. The number of nitrogens with zero attached hydrogens (tertiary/aromatic N) is 2. The minimum atomic E-state index is -0.350. The normalized spacial score (nSPS) is 11.0. The molecule has 3 rings (SSSR count). The Morgan fingerprint density at radius 2 is 1.96 bits per heavy atom. The number of amides is 2. The third-order valence-electron chi connectivity index (χ3n) is 3.45. The Morgan fingerprint density at radius 3 is 2.72 bits per heavy atom. The van der Waals surface area contributed by atoms with Gasteiger partial charge in [-0.2, -0.15) is 0 Å². The van der Waals surface area contributed by atoms with Crippen LogP contribution in [0.1, 0.15) is 17.4 Å². The van der Waals surface area contributed by atoms with E-state index < -0.39 is 0 Å². The number of imidazole rings is 1. The fourth-order valence-corrected chi connectivity index (χ4v) is 2.49. The maximum Gasteiger partial charge on any atom is 0.274 e. The van der Waals surface area contributed by atoms with Gasteiger partial charge in [-0.1, -0.05) is 29.8 Å². The van der Waals surface area contributed by atoms with Crippen molar-refractivity contribution in [3.05, 3.63) is 71.7 Å². The predicted molar refractivity (Wildman–Crippen MR) is 98.0 cm³/mol. The van der Waals surface area contributed by atoms with Gasteiger partial charge in [0.2, 0.25) is 5.91 Å². The maximum atomic E-state index is 12.5. The summed E-state index contributed by atoms with van der Waals surface area (Å²) < 4.78 is 1.61. The summed E-state index contributed by atoms with van der Waals surface area (Å²) >= 11 is 6.07. The van der Waals surface area contributed by atoms with E-state index in [4.69, 9.17) is 11.6 Å². The van der Waals surface area contributed by atoms with E-state index in [1.807, 2.05) is 0 Å². The Labute approximate surface area is 149 Å². The second-order valence-corrected chi connectivity index (χ2v) is 5.62. The number of fused-ring (bicyclic) bond motifs is 1. The van der Waals surface area contributed by atoms with E-state index in [2.05, 4.69) is 15.6 Å². The number of anilines is 2. The highest BCUT2D eigenvalue weighted by Crippen LogP contribution is 2.21. The van der Waals surface area contributed by atoms with Crippen molar-refractivity contribution in [2.45, 2.75) is 6.92 Å². The molecule has 2 N–H and O–H groups in total. The van der Waals surface area contributed by atoms with Crippen LogP contribution >= 0.6 is 11.6 Å². The number of hydrogen-bond donors (Lipinski definition) is 2. The first kappa shape index (κ1) is 16.7. The molecule has 0 saturated carbocycles. The fourth-order valence-electron chi connectivity index (χ4n) is 2.31. The van der Waals surface area contributed by atoms with Crippen LogP contribution in [-0.4, -0.2) is 21.2 Å². The van der Waals surface area contributed by atoms with Crippen LogP contribution in [0, 0.1) is 0 Å². The van der Waals surface area contributed by atoms with Gasteiger partial charge in [0.05, 0.1) is 22.6 Å². The van der Waals surface area contributed by atoms with Gasteiger partial charge in [0.25, 0.3) is 5.91 Å². The Balaban J connectivity index is 1.89. The zero-order chi connectivity index (χ0) is 17.8. The van der Waals surface area contributed by atoms with Gasteiger partial charge in [0.15, 0.2) is 0 Å². The highest BCUT2D eigenvalue weighted by Gasteiger charge is 2.14. The molecular weight excluding hydrogens is 340 g/mol. The highest BCUT2D eigenvalue weighted by atomic mass is 35.5. The van der Waals surface area contributed by atoms with Gasteiger partial charge in [-0.3, -0.25) is 14.0 Å². The lowest BCUT2D eigenvalue weighted by Crippen LogP contribution is -2.15. The van der Waals surface area contributed by atoms with Crippen LogP contribution in [0.5, 0.6) is 0 Å². The standard InChI is InChI=1S/C18H15ClN4O2/c1-2-5-17(24)21-12-8-9-16-20-10-15(23(16)11-12)18(25)22-14-7-4-3-6-13(14)19/h2-11H,1H3,(H,21,24)(H,22,25)/b5-2+. The molecule has 0 atom stereocenters. The van der Waals surface area contributed by atoms with E-state index in [0.29, 0.717) is 27.7 Å². The summed E-state index contributed by atoms with van der Waals surface area (Å²) in [7, 11) is 0. The molecule has 2 amide bonds. The van der Waals surface area contributed by atoms with Crippen molar-refractivity contribution in [2.24, 2.45) is 0 Å². The largest absolute Gasteiger partial charge is 0.321 e. The number of carbonyl (C=O) groups is 2. The molecule has 0 bridgehead atoms. The van der Waals surface area contributed by atoms with Gasteiger partial charge in [-0.15, -0.1) is 0 Å². The number of allylic oxidation sites excluding steroid dienone is 1. The zero-order valence-electron chi connectivity index (χ0n) is 13.4. The number of hydrogen-bond acceptors (Lipinski definition) is 3. The number of aromatic nitrogens is 2. The number of benzene rings is 1. The molecule has 0 unspecified atom stereocenters. The van der Waals surface area contributed by atoms with Crippen molar-refractivity contribution < 1.29 is 9.59 Å². The number of halogens is 1. The van der Waals surface area contributed by atoms with E-state index in [1.165, 1.54) is 12.3 Å². The topological polar surface area (TPSA) is 75.5 Å². The van der Waals surface area contributed by atoms with Crippen LogP contribution in [-0.2, 0) is 4.79 Å². The van der Waals surface area contributed by atoms with Crippen molar-refractivity contribution in [3.8, 4) is 0 Å². The molecule has 0 aliphatic rings. The summed E-state index contributed by atoms with van der Waals surface area (Å²) in [6.07, 6.45) is 6.18. The fraction of sp³-hybridized carbons (Fsp3) is 0.0556. The summed E-state index contributed by atoms with van der Waals surface area (Å²) in [5.41, 5.74) is 1.99. The van der Waals surface area contributed by atoms with Gasteiger partial charge in [-0.25, -0.2) is 4.98 Å². The van der Waals surface area contributed by atoms with E-state index in [0.717, 1.165) is 0 Å². The monoisotopic (exact) mass is 354 g/mol. The first-order valence-electron chi connectivity index (χ1n) is 7.55. The first-order chi connectivity index (χ1) is 12.1. The molecule has 7 heteroatoms. The van der Waals surface area contributed by atoms with Crippen LogP contribution < -0.4 is 10.6 Å². The minimum absolute atomic E-state index is 0.246. The molecule has 6 nitrogen and oxygen atoms in total. The number of pyridine rings is 1. The number of carbonyl (C=O) groups excluding carboxylic acids is 2. The lowest BCUT2D eigenvalue weighted by Gasteiger charge is -2.08. The van der Waals surface area contributed by atoms with Crippen molar-refractivity contribution in [2.75, 3.05) is 10.6 Å². The number of rotatable bonds is 4. The molecule has 0 aliphatic carbocycles. The number of para-hydroxylation sites is 1. The molecule has 0 radical (unpaired) electrons. The second kappa shape index (κ2) is 7.19. The SMILES string of the molecule is C/C=C/C(=O)Nc1ccc2ncc(C(=O)Nc3ccccc3Cl)n2c1. The summed E-state index contributed by atoms with van der Waals surface area (Å²) in [4.78, 5) is 28.4. The molecule has 126 valence electrons. The Kier molecular flexibility index (Phi) is 4.81. The molecule has 1 aromatic carbocycles.